The second-order valence-corrected chi connectivity index (χ2v) is 7.77. The molecule has 32 heavy (non-hydrogen) atoms. The van der Waals surface area contributed by atoms with Crippen LogP contribution in [0.1, 0.15) is 19.4 Å². The summed E-state index contributed by atoms with van der Waals surface area (Å²) in [6.45, 7) is 4.42. The van der Waals surface area contributed by atoms with E-state index in [0.717, 1.165) is 0 Å². The van der Waals surface area contributed by atoms with Crippen LogP contribution in [0.2, 0.25) is 0 Å². The van der Waals surface area contributed by atoms with Gasteiger partial charge in [0.1, 0.15) is 12.3 Å². The molecule has 0 saturated carbocycles. The number of carbonyl (C=O) groups is 2. The van der Waals surface area contributed by atoms with Gasteiger partial charge in [0.15, 0.2) is 0 Å². The zero-order valence-corrected chi connectivity index (χ0v) is 17.8. The maximum absolute atomic E-state index is 12.8. The van der Waals surface area contributed by atoms with Crippen molar-refractivity contribution in [2.75, 3.05) is 19.6 Å². The lowest BCUT2D eigenvalue weighted by Gasteiger charge is -2.27. The number of nitrogens with zero attached hydrogens (tertiary/aromatic N) is 4. The van der Waals surface area contributed by atoms with Gasteiger partial charge in [-0.2, -0.15) is 0 Å². The summed E-state index contributed by atoms with van der Waals surface area (Å²) in [5, 5.41) is 0. The van der Waals surface area contributed by atoms with E-state index < -0.39 is 12.5 Å². The number of aromatic nitrogens is 2. The third-order valence-electron chi connectivity index (χ3n) is 4.97. The summed E-state index contributed by atoms with van der Waals surface area (Å²) < 4.78 is 48.4. The standard InChI is InChI=1S/C21H25F3N4O4/c1-15(2)28-10-18(31-13-16-3-5-17(6-4-16)32-21(22,23)24)9-27(12-20(28)30)19(29)11-26-8-7-25-14-26/h3-8,14-15,18H,9-13H2,1-2H3. The van der Waals surface area contributed by atoms with E-state index in [0.29, 0.717) is 12.1 Å². The number of alkyl halides is 3. The van der Waals surface area contributed by atoms with Crippen LogP contribution < -0.4 is 4.74 Å². The Morgan fingerprint density at radius 1 is 1.22 bits per heavy atom. The number of ether oxygens (including phenoxy) is 2. The largest absolute Gasteiger partial charge is 0.573 e. The Kier molecular flexibility index (Phi) is 7.39. The van der Waals surface area contributed by atoms with Crippen LogP contribution >= 0.6 is 0 Å². The number of halogens is 3. The monoisotopic (exact) mass is 454 g/mol. The third-order valence-corrected chi connectivity index (χ3v) is 4.97. The molecule has 0 bridgehead atoms. The molecule has 8 nitrogen and oxygen atoms in total. The minimum absolute atomic E-state index is 0.0466. The van der Waals surface area contributed by atoms with Crippen LogP contribution in [0.4, 0.5) is 13.2 Å². The Balaban J connectivity index is 1.66. The van der Waals surface area contributed by atoms with Crippen molar-refractivity contribution in [2.24, 2.45) is 0 Å². The van der Waals surface area contributed by atoms with Gasteiger partial charge in [-0.1, -0.05) is 12.1 Å². The van der Waals surface area contributed by atoms with Gasteiger partial charge in [-0.3, -0.25) is 9.59 Å². The Labute approximate surface area is 183 Å². The highest BCUT2D eigenvalue weighted by Crippen LogP contribution is 2.23. The normalized spacial score (nSPS) is 17.6. The number of hydrogen-bond donors (Lipinski definition) is 0. The van der Waals surface area contributed by atoms with E-state index in [1.54, 1.807) is 21.9 Å². The minimum atomic E-state index is -4.75. The van der Waals surface area contributed by atoms with E-state index in [1.165, 1.54) is 35.5 Å². The predicted octanol–water partition coefficient (Wildman–Crippen LogP) is 2.45. The summed E-state index contributed by atoms with van der Waals surface area (Å²) in [7, 11) is 0. The first kappa shape index (κ1) is 23.6. The lowest BCUT2D eigenvalue weighted by molar-refractivity contribution is -0.274. The molecule has 2 aromatic rings. The lowest BCUT2D eigenvalue weighted by Crippen LogP contribution is -2.43. The molecular weight excluding hydrogens is 429 g/mol. The molecule has 2 amide bonds. The van der Waals surface area contributed by atoms with Crippen molar-refractivity contribution in [2.45, 2.75) is 45.5 Å². The zero-order chi connectivity index (χ0) is 23.3. The average Bonchev–Trinajstić information content (AvgIpc) is 3.15. The van der Waals surface area contributed by atoms with Crippen molar-refractivity contribution in [3.8, 4) is 5.75 Å². The van der Waals surface area contributed by atoms with Gasteiger partial charge in [0.05, 0.1) is 25.6 Å². The Bertz CT molecular complexity index is 901. The van der Waals surface area contributed by atoms with Gasteiger partial charge in [0.25, 0.3) is 0 Å². The minimum Gasteiger partial charge on any atom is -0.406 e. The van der Waals surface area contributed by atoms with E-state index >= 15 is 0 Å². The number of hydrogen-bond acceptors (Lipinski definition) is 5. The van der Waals surface area contributed by atoms with E-state index in [2.05, 4.69) is 9.72 Å². The molecule has 1 unspecified atom stereocenters. The fraction of sp³-hybridized carbons (Fsp3) is 0.476. The summed E-state index contributed by atoms with van der Waals surface area (Å²) in [5.74, 6) is -0.716. The van der Waals surface area contributed by atoms with Crippen LogP contribution in [0, 0.1) is 0 Å². The molecule has 1 aromatic carbocycles. The first-order chi connectivity index (χ1) is 15.1. The fourth-order valence-electron chi connectivity index (χ4n) is 3.38. The molecule has 0 aliphatic carbocycles. The summed E-state index contributed by atoms with van der Waals surface area (Å²) in [5.41, 5.74) is 0.641. The van der Waals surface area contributed by atoms with Crippen LogP contribution in [0.15, 0.2) is 43.0 Å². The highest BCUT2D eigenvalue weighted by molar-refractivity contribution is 5.85. The third kappa shape index (κ3) is 6.71. The van der Waals surface area contributed by atoms with Crippen LogP contribution in [0.3, 0.4) is 0 Å². The van der Waals surface area contributed by atoms with Gasteiger partial charge in [0.2, 0.25) is 11.8 Å². The fourth-order valence-corrected chi connectivity index (χ4v) is 3.38. The van der Waals surface area contributed by atoms with Crippen LogP contribution in [0.25, 0.3) is 0 Å². The van der Waals surface area contributed by atoms with Crippen molar-refractivity contribution in [3.63, 3.8) is 0 Å². The van der Waals surface area contributed by atoms with Gasteiger partial charge in [-0.05, 0) is 31.5 Å². The summed E-state index contributed by atoms with van der Waals surface area (Å²) in [6.07, 6.45) is -0.450. The maximum Gasteiger partial charge on any atom is 0.573 e. The molecule has 0 spiro atoms. The zero-order valence-electron chi connectivity index (χ0n) is 17.8. The van der Waals surface area contributed by atoms with Crippen molar-refractivity contribution < 1.29 is 32.2 Å². The van der Waals surface area contributed by atoms with Gasteiger partial charge >= 0.3 is 6.36 Å². The quantitative estimate of drug-likeness (QED) is 0.643. The molecule has 1 atom stereocenters. The second kappa shape index (κ2) is 10.0. The Hall–Kier alpha value is -3.08. The smallest absolute Gasteiger partial charge is 0.406 e. The highest BCUT2D eigenvalue weighted by Gasteiger charge is 2.32. The number of benzene rings is 1. The van der Waals surface area contributed by atoms with Crippen LogP contribution in [0.5, 0.6) is 5.75 Å². The number of amides is 2. The summed E-state index contributed by atoms with van der Waals surface area (Å²) in [6, 6.07) is 5.31. The van der Waals surface area contributed by atoms with Gasteiger partial charge in [-0.25, -0.2) is 4.98 Å². The summed E-state index contributed by atoms with van der Waals surface area (Å²) >= 11 is 0. The SMILES string of the molecule is CC(C)N1CC(OCc2ccc(OC(F)(F)F)cc2)CN(C(=O)Cn2ccnc2)CC1=O. The Morgan fingerprint density at radius 3 is 2.53 bits per heavy atom. The first-order valence-electron chi connectivity index (χ1n) is 10.1. The van der Waals surface area contributed by atoms with E-state index in [1.807, 2.05) is 13.8 Å². The van der Waals surface area contributed by atoms with Gasteiger partial charge in [-0.15, -0.1) is 13.2 Å². The number of imidazole rings is 1. The van der Waals surface area contributed by atoms with Crippen molar-refractivity contribution in [1.29, 1.82) is 0 Å². The van der Waals surface area contributed by atoms with E-state index in [-0.39, 0.29) is 49.8 Å². The molecule has 2 heterocycles. The molecule has 0 N–H and O–H groups in total. The van der Waals surface area contributed by atoms with Crippen LogP contribution in [-0.4, -0.2) is 69.3 Å². The molecule has 11 heteroatoms. The molecule has 174 valence electrons. The van der Waals surface area contributed by atoms with Crippen molar-refractivity contribution in [1.82, 2.24) is 19.4 Å². The molecule has 3 rings (SSSR count). The number of rotatable bonds is 7. The van der Waals surface area contributed by atoms with Crippen LogP contribution in [-0.2, 0) is 27.5 Å². The predicted molar refractivity (Wildman–Crippen MR) is 107 cm³/mol. The Morgan fingerprint density at radius 2 is 1.94 bits per heavy atom. The maximum atomic E-state index is 12.8. The first-order valence-corrected chi connectivity index (χ1v) is 10.1. The summed E-state index contributed by atoms with van der Waals surface area (Å²) in [4.78, 5) is 32.5. The van der Waals surface area contributed by atoms with Crippen molar-refractivity contribution >= 4 is 11.8 Å². The topological polar surface area (TPSA) is 76.9 Å². The van der Waals surface area contributed by atoms with E-state index in [9.17, 15) is 22.8 Å². The van der Waals surface area contributed by atoms with E-state index in [4.69, 9.17) is 4.74 Å². The average molecular weight is 454 g/mol. The van der Waals surface area contributed by atoms with Crippen molar-refractivity contribution in [3.05, 3.63) is 48.5 Å². The second-order valence-electron chi connectivity index (χ2n) is 7.77. The molecule has 1 fully saturated rings. The molecule has 1 aromatic heterocycles. The lowest BCUT2D eigenvalue weighted by atomic mass is 10.2. The number of carbonyl (C=O) groups excluding carboxylic acids is 2. The molecule has 0 radical (unpaired) electrons. The van der Waals surface area contributed by atoms with Gasteiger partial charge < -0.3 is 23.8 Å². The molecule has 1 saturated heterocycles. The highest BCUT2D eigenvalue weighted by atomic mass is 19.4. The molecule has 1 aliphatic heterocycles. The van der Waals surface area contributed by atoms with Gasteiger partial charge in [0, 0.05) is 31.5 Å². The molecule has 1 aliphatic rings. The molecular formula is C21H25F3N4O4.